The molecule has 1 heterocycles. The number of hydrogen-bond acceptors (Lipinski definition) is 3. The van der Waals surface area contributed by atoms with Crippen LogP contribution in [0.5, 0.6) is 0 Å². The third-order valence-electron chi connectivity index (χ3n) is 4.12. The number of nitrogens with zero attached hydrogens (tertiary/aromatic N) is 2. The van der Waals surface area contributed by atoms with E-state index in [-0.39, 0.29) is 11.8 Å². The second-order valence-electron chi connectivity index (χ2n) is 6.03. The lowest BCUT2D eigenvalue weighted by atomic mass is 10.1. The van der Waals surface area contributed by atoms with Gasteiger partial charge in [0.25, 0.3) is 0 Å². The van der Waals surface area contributed by atoms with Gasteiger partial charge < -0.3 is 0 Å². The number of aryl methyl sites for hydroxylation is 1. The zero-order chi connectivity index (χ0) is 17.9. The maximum atomic E-state index is 12.6. The third-order valence-corrected chi connectivity index (χ3v) is 5.52. The maximum absolute atomic E-state index is 12.6. The zero-order valence-electron chi connectivity index (χ0n) is 14.3. The largest absolute Gasteiger partial charge is 0.241 e. The molecule has 0 bridgehead atoms. The highest BCUT2D eigenvalue weighted by molar-refractivity contribution is 7.88. The first kappa shape index (κ1) is 17.4. The Balaban J connectivity index is 1.83. The summed E-state index contributed by atoms with van der Waals surface area (Å²) in [5.41, 5.74) is 3.51. The summed E-state index contributed by atoms with van der Waals surface area (Å²) in [7, 11) is -3.47. The van der Waals surface area contributed by atoms with Crippen molar-refractivity contribution in [2.45, 2.75) is 25.6 Å². The molecule has 1 N–H and O–H groups in total. The van der Waals surface area contributed by atoms with E-state index in [9.17, 15) is 8.42 Å². The van der Waals surface area contributed by atoms with Crippen molar-refractivity contribution < 1.29 is 8.42 Å². The molecule has 1 atom stereocenters. The van der Waals surface area contributed by atoms with Crippen molar-refractivity contribution in [3.63, 3.8) is 0 Å². The van der Waals surface area contributed by atoms with Gasteiger partial charge >= 0.3 is 0 Å². The van der Waals surface area contributed by atoms with Gasteiger partial charge in [-0.05, 0) is 42.7 Å². The summed E-state index contributed by atoms with van der Waals surface area (Å²) in [5, 5.41) is 4.24. The quantitative estimate of drug-likeness (QED) is 0.737. The van der Waals surface area contributed by atoms with Gasteiger partial charge in [0.1, 0.15) is 0 Å². The van der Waals surface area contributed by atoms with Crippen molar-refractivity contribution in [1.82, 2.24) is 14.5 Å². The molecular weight excluding hydrogens is 334 g/mol. The zero-order valence-corrected chi connectivity index (χ0v) is 15.1. The summed E-state index contributed by atoms with van der Waals surface area (Å²) in [6, 6.07) is 16.6. The van der Waals surface area contributed by atoms with Gasteiger partial charge in [-0.3, -0.25) is 0 Å². The van der Waals surface area contributed by atoms with Crippen LogP contribution in [0.3, 0.4) is 0 Å². The number of benzene rings is 2. The van der Waals surface area contributed by atoms with Gasteiger partial charge in [0.15, 0.2) is 0 Å². The lowest BCUT2D eigenvalue weighted by Gasteiger charge is -2.18. The standard InChI is InChI=1S/C19H21N3O2S/c1-15-8-3-4-9-17(15)14-25(23,24)21-16(2)18-10-5-6-11-19(18)22-13-7-12-20-22/h3-13,16,21H,14H2,1-2H3/t16-/m1/s1. The van der Waals surface area contributed by atoms with Crippen LogP contribution in [0.1, 0.15) is 29.7 Å². The second kappa shape index (κ2) is 7.21. The number of rotatable bonds is 6. The fourth-order valence-corrected chi connectivity index (χ4v) is 4.31. The van der Waals surface area contributed by atoms with Crippen molar-refractivity contribution in [3.8, 4) is 5.69 Å². The predicted octanol–water partition coefficient (Wildman–Crippen LogP) is 3.36. The minimum atomic E-state index is -3.47. The molecule has 0 fully saturated rings. The summed E-state index contributed by atoms with van der Waals surface area (Å²) >= 11 is 0. The second-order valence-corrected chi connectivity index (χ2v) is 7.79. The Morgan fingerprint density at radius 1 is 1.08 bits per heavy atom. The number of aromatic nitrogens is 2. The Morgan fingerprint density at radius 3 is 2.52 bits per heavy atom. The van der Waals surface area contributed by atoms with Crippen LogP contribution in [0.15, 0.2) is 67.0 Å². The van der Waals surface area contributed by atoms with E-state index in [2.05, 4.69) is 9.82 Å². The molecule has 5 nitrogen and oxygen atoms in total. The van der Waals surface area contributed by atoms with Crippen LogP contribution < -0.4 is 4.72 Å². The highest BCUT2D eigenvalue weighted by Gasteiger charge is 2.19. The van der Waals surface area contributed by atoms with Crippen molar-refractivity contribution in [2.24, 2.45) is 0 Å². The molecule has 3 rings (SSSR count). The molecular formula is C19H21N3O2S. The Kier molecular flexibility index (Phi) is 5.01. The molecule has 2 aromatic carbocycles. The first-order chi connectivity index (χ1) is 12.0. The van der Waals surface area contributed by atoms with Crippen LogP contribution in [-0.4, -0.2) is 18.2 Å². The van der Waals surface area contributed by atoms with E-state index < -0.39 is 10.0 Å². The van der Waals surface area contributed by atoms with E-state index in [1.807, 2.05) is 74.6 Å². The lowest BCUT2D eigenvalue weighted by molar-refractivity contribution is 0.565. The van der Waals surface area contributed by atoms with Gasteiger partial charge in [0, 0.05) is 18.4 Å². The fraction of sp³-hybridized carbons (Fsp3) is 0.211. The number of para-hydroxylation sites is 1. The van der Waals surface area contributed by atoms with Crippen LogP contribution in [-0.2, 0) is 15.8 Å². The van der Waals surface area contributed by atoms with E-state index in [1.165, 1.54) is 0 Å². The van der Waals surface area contributed by atoms with Gasteiger partial charge in [-0.2, -0.15) is 5.10 Å². The van der Waals surface area contributed by atoms with Gasteiger partial charge in [-0.1, -0.05) is 42.5 Å². The highest BCUT2D eigenvalue weighted by atomic mass is 32.2. The molecule has 0 saturated carbocycles. The minimum Gasteiger partial charge on any atom is -0.241 e. The SMILES string of the molecule is Cc1ccccc1CS(=O)(=O)N[C@H](C)c1ccccc1-n1cccn1. The number of nitrogens with one attached hydrogen (secondary N) is 1. The average molecular weight is 355 g/mol. The van der Waals surface area contributed by atoms with E-state index in [4.69, 9.17) is 0 Å². The normalized spacial score (nSPS) is 12.9. The molecule has 0 aliphatic rings. The van der Waals surface area contributed by atoms with Crippen LogP contribution >= 0.6 is 0 Å². The van der Waals surface area contributed by atoms with Gasteiger partial charge in [-0.15, -0.1) is 0 Å². The van der Waals surface area contributed by atoms with Crippen molar-refractivity contribution >= 4 is 10.0 Å². The molecule has 6 heteroatoms. The maximum Gasteiger partial charge on any atom is 0.216 e. The predicted molar refractivity (Wildman–Crippen MR) is 98.9 cm³/mol. The smallest absolute Gasteiger partial charge is 0.216 e. The molecule has 130 valence electrons. The molecule has 0 spiro atoms. The molecule has 1 aromatic heterocycles. The molecule has 0 aliphatic heterocycles. The molecule has 0 unspecified atom stereocenters. The Labute approximate surface area is 148 Å². The van der Waals surface area contributed by atoms with E-state index in [1.54, 1.807) is 10.9 Å². The monoisotopic (exact) mass is 355 g/mol. The first-order valence-electron chi connectivity index (χ1n) is 8.10. The molecule has 0 radical (unpaired) electrons. The average Bonchev–Trinajstić information content (AvgIpc) is 3.11. The lowest BCUT2D eigenvalue weighted by Crippen LogP contribution is -2.29. The number of sulfonamides is 1. The summed E-state index contributed by atoms with van der Waals surface area (Å²) in [5.74, 6) is -0.0338. The topological polar surface area (TPSA) is 64.0 Å². The Morgan fingerprint density at radius 2 is 1.80 bits per heavy atom. The van der Waals surface area contributed by atoms with E-state index in [0.717, 1.165) is 22.4 Å². The van der Waals surface area contributed by atoms with Crippen molar-refractivity contribution in [2.75, 3.05) is 0 Å². The first-order valence-corrected chi connectivity index (χ1v) is 9.75. The summed E-state index contributed by atoms with van der Waals surface area (Å²) in [6.45, 7) is 3.76. The Bertz CT molecular complexity index is 950. The van der Waals surface area contributed by atoms with Crippen LogP contribution in [0.2, 0.25) is 0 Å². The summed E-state index contributed by atoms with van der Waals surface area (Å²) in [6.07, 6.45) is 3.54. The minimum absolute atomic E-state index is 0.0338. The van der Waals surface area contributed by atoms with Crippen LogP contribution in [0.25, 0.3) is 5.69 Å². The van der Waals surface area contributed by atoms with E-state index in [0.29, 0.717) is 0 Å². The number of hydrogen-bond donors (Lipinski definition) is 1. The van der Waals surface area contributed by atoms with Crippen LogP contribution in [0.4, 0.5) is 0 Å². The molecule has 0 aliphatic carbocycles. The summed E-state index contributed by atoms with van der Waals surface area (Å²) < 4.78 is 29.7. The van der Waals surface area contributed by atoms with Crippen molar-refractivity contribution in [1.29, 1.82) is 0 Å². The summed E-state index contributed by atoms with van der Waals surface area (Å²) in [4.78, 5) is 0. The molecule has 25 heavy (non-hydrogen) atoms. The third kappa shape index (κ3) is 4.15. The fourth-order valence-electron chi connectivity index (χ4n) is 2.82. The van der Waals surface area contributed by atoms with Gasteiger partial charge in [-0.25, -0.2) is 17.8 Å². The highest BCUT2D eigenvalue weighted by Crippen LogP contribution is 2.22. The Hall–Kier alpha value is -2.44. The van der Waals surface area contributed by atoms with Gasteiger partial charge in [0.2, 0.25) is 10.0 Å². The van der Waals surface area contributed by atoms with E-state index >= 15 is 0 Å². The van der Waals surface area contributed by atoms with Gasteiger partial charge in [0.05, 0.1) is 11.4 Å². The van der Waals surface area contributed by atoms with Crippen LogP contribution in [0, 0.1) is 6.92 Å². The molecule has 3 aromatic rings. The molecule has 0 saturated heterocycles. The molecule has 0 amide bonds. The van der Waals surface area contributed by atoms with Crippen molar-refractivity contribution in [3.05, 3.63) is 83.7 Å².